The van der Waals surface area contributed by atoms with E-state index in [1.165, 1.54) is 12.1 Å². The molecule has 1 atom stereocenters. The van der Waals surface area contributed by atoms with Crippen LogP contribution in [0.1, 0.15) is 24.0 Å². The molecular formula is C27H32FN3O3. The Hall–Kier alpha value is -3.00. The average molecular weight is 466 g/mol. The topological polar surface area (TPSA) is 62.0 Å². The van der Waals surface area contributed by atoms with Gasteiger partial charge in [0.15, 0.2) is 0 Å². The summed E-state index contributed by atoms with van der Waals surface area (Å²) in [7, 11) is 0. The molecule has 1 saturated heterocycles. The number of aliphatic hydroxyl groups is 1. The number of halogens is 1. The molecule has 0 aliphatic carbocycles. The van der Waals surface area contributed by atoms with E-state index in [-0.39, 0.29) is 12.4 Å². The van der Waals surface area contributed by atoms with Gasteiger partial charge in [0.2, 0.25) is 5.88 Å². The van der Waals surface area contributed by atoms with E-state index in [1.54, 1.807) is 18.2 Å². The van der Waals surface area contributed by atoms with Gasteiger partial charge in [0.05, 0.1) is 24.9 Å². The number of anilines is 1. The molecule has 0 amide bonds. The minimum Gasteiger partial charge on any atom is -0.389 e. The largest absolute Gasteiger partial charge is 0.389 e. The molecule has 0 unspecified atom stereocenters. The van der Waals surface area contributed by atoms with Crippen molar-refractivity contribution in [1.82, 2.24) is 10.1 Å². The molecular weight excluding hydrogens is 433 g/mol. The predicted molar refractivity (Wildman–Crippen MR) is 131 cm³/mol. The highest BCUT2D eigenvalue weighted by Gasteiger charge is 2.27. The van der Waals surface area contributed by atoms with Crippen LogP contribution in [0, 0.1) is 5.82 Å². The maximum Gasteiger partial charge on any atom is 0.232 e. The number of aromatic nitrogens is 1. The molecule has 1 aliphatic heterocycles. The molecule has 0 bridgehead atoms. The van der Waals surface area contributed by atoms with Crippen molar-refractivity contribution >= 4 is 5.88 Å². The molecule has 2 heterocycles. The molecule has 0 saturated carbocycles. The summed E-state index contributed by atoms with van der Waals surface area (Å²) in [6, 6.07) is 16.5. The van der Waals surface area contributed by atoms with E-state index in [1.807, 2.05) is 30.3 Å². The van der Waals surface area contributed by atoms with Crippen molar-refractivity contribution in [2.24, 2.45) is 0 Å². The molecule has 7 heteroatoms. The van der Waals surface area contributed by atoms with Gasteiger partial charge in [-0.1, -0.05) is 53.7 Å². The van der Waals surface area contributed by atoms with E-state index in [2.05, 4.69) is 21.5 Å². The molecule has 34 heavy (non-hydrogen) atoms. The average Bonchev–Trinajstić information content (AvgIpc) is 3.51. The summed E-state index contributed by atoms with van der Waals surface area (Å²) in [6.45, 7) is 7.56. The van der Waals surface area contributed by atoms with Crippen molar-refractivity contribution in [3.05, 3.63) is 84.2 Å². The number of ether oxygens (including phenoxy) is 1. The van der Waals surface area contributed by atoms with Crippen LogP contribution in [-0.4, -0.2) is 54.1 Å². The molecule has 0 radical (unpaired) electrons. The Bertz CT molecular complexity index is 1030. The molecule has 2 aromatic carbocycles. The van der Waals surface area contributed by atoms with Gasteiger partial charge in [-0.15, -0.1) is 6.58 Å². The summed E-state index contributed by atoms with van der Waals surface area (Å²) in [5, 5.41) is 15.1. The van der Waals surface area contributed by atoms with Gasteiger partial charge in [0, 0.05) is 38.3 Å². The van der Waals surface area contributed by atoms with Crippen LogP contribution in [-0.2, 0) is 17.8 Å². The fraction of sp³-hybridized carbons (Fsp3) is 0.370. The zero-order valence-electron chi connectivity index (χ0n) is 19.4. The lowest BCUT2D eigenvalue weighted by atomic mass is 10.1. The number of benzene rings is 2. The van der Waals surface area contributed by atoms with Crippen LogP contribution in [0.15, 0.2) is 71.8 Å². The van der Waals surface area contributed by atoms with E-state index in [4.69, 9.17) is 9.26 Å². The minimum absolute atomic E-state index is 0.208. The van der Waals surface area contributed by atoms with Crippen LogP contribution in [0.4, 0.5) is 10.3 Å². The molecule has 180 valence electrons. The third kappa shape index (κ3) is 6.32. The summed E-state index contributed by atoms with van der Waals surface area (Å²) in [5.41, 5.74) is 3.75. The highest BCUT2D eigenvalue weighted by Crippen LogP contribution is 2.34. The van der Waals surface area contributed by atoms with Crippen molar-refractivity contribution in [1.29, 1.82) is 0 Å². The summed E-state index contributed by atoms with van der Waals surface area (Å²) in [4.78, 5) is 4.38. The van der Waals surface area contributed by atoms with Crippen molar-refractivity contribution in [3.63, 3.8) is 0 Å². The van der Waals surface area contributed by atoms with E-state index in [0.29, 0.717) is 26.2 Å². The fourth-order valence-corrected chi connectivity index (χ4v) is 4.33. The summed E-state index contributed by atoms with van der Waals surface area (Å²) < 4.78 is 24.8. The second-order valence-electron chi connectivity index (χ2n) is 8.65. The first-order chi connectivity index (χ1) is 16.6. The van der Waals surface area contributed by atoms with Gasteiger partial charge in [0.25, 0.3) is 0 Å². The summed E-state index contributed by atoms with van der Waals surface area (Å²) in [5.74, 6) is 0.521. The molecule has 1 aliphatic rings. The lowest BCUT2D eigenvalue weighted by Crippen LogP contribution is -2.35. The highest BCUT2D eigenvalue weighted by atomic mass is 19.1. The van der Waals surface area contributed by atoms with Crippen LogP contribution >= 0.6 is 0 Å². The number of nitrogens with zero attached hydrogens (tertiary/aromatic N) is 3. The lowest BCUT2D eigenvalue weighted by Gasteiger charge is -2.26. The molecule has 1 aromatic heterocycles. The smallest absolute Gasteiger partial charge is 0.232 e. The quantitative estimate of drug-likeness (QED) is 0.310. The van der Waals surface area contributed by atoms with E-state index in [0.717, 1.165) is 54.2 Å². The first kappa shape index (κ1) is 24.1. The van der Waals surface area contributed by atoms with Crippen molar-refractivity contribution in [2.45, 2.75) is 32.0 Å². The number of aliphatic hydroxyl groups excluding tert-OH is 1. The maximum atomic E-state index is 13.5. The third-order valence-electron chi connectivity index (χ3n) is 5.92. The van der Waals surface area contributed by atoms with E-state index in [9.17, 15) is 9.50 Å². The van der Waals surface area contributed by atoms with Crippen LogP contribution in [0.5, 0.6) is 0 Å². The van der Waals surface area contributed by atoms with Gasteiger partial charge in [-0.3, -0.25) is 4.90 Å². The second kappa shape index (κ2) is 11.9. The first-order valence-electron chi connectivity index (χ1n) is 11.8. The molecule has 1 N–H and O–H groups in total. The van der Waals surface area contributed by atoms with Crippen molar-refractivity contribution in [3.8, 4) is 11.3 Å². The zero-order chi connectivity index (χ0) is 23.8. The Morgan fingerprint density at radius 3 is 2.56 bits per heavy atom. The van der Waals surface area contributed by atoms with Crippen LogP contribution in [0.3, 0.4) is 0 Å². The molecule has 1 fully saturated rings. The zero-order valence-corrected chi connectivity index (χ0v) is 19.4. The van der Waals surface area contributed by atoms with Crippen LogP contribution in [0.2, 0.25) is 0 Å². The Balaban J connectivity index is 1.62. The molecule has 3 aromatic rings. The fourth-order valence-electron chi connectivity index (χ4n) is 4.33. The predicted octanol–water partition coefficient (Wildman–Crippen LogP) is 4.65. The summed E-state index contributed by atoms with van der Waals surface area (Å²) >= 11 is 0. The van der Waals surface area contributed by atoms with Crippen LogP contribution in [0.25, 0.3) is 11.3 Å². The summed E-state index contributed by atoms with van der Waals surface area (Å²) in [6.07, 6.45) is 3.23. The normalized spacial score (nSPS) is 14.6. The molecule has 4 rings (SSSR count). The Kier molecular flexibility index (Phi) is 8.46. The van der Waals surface area contributed by atoms with Crippen LogP contribution < -0.4 is 4.90 Å². The molecule has 0 spiro atoms. The van der Waals surface area contributed by atoms with Gasteiger partial charge < -0.3 is 19.3 Å². The lowest BCUT2D eigenvalue weighted by molar-refractivity contribution is 0.0229. The van der Waals surface area contributed by atoms with Crippen molar-refractivity contribution < 1.29 is 18.8 Å². The first-order valence-corrected chi connectivity index (χ1v) is 11.8. The number of rotatable bonds is 12. The maximum absolute atomic E-state index is 13.5. The van der Waals surface area contributed by atoms with Gasteiger partial charge in [-0.05, 0) is 30.5 Å². The third-order valence-corrected chi connectivity index (χ3v) is 5.92. The SMILES string of the molecule is C=CCOC[C@@H](O)CN(Cc1ccc(F)cc1)Cc1c(-c2ccccc2)noc1N1CCCC1. The standard InChI is InChI=1S/C27H32FN3O3/c1-2-16-33-20-24(32)18-30(17-21-10-12-23(28)13-11-21)19-25-26(22-8-4-3-5-9-22)29-34-27(25)31-14-6-7-15-31/h2-5,8-13,24,32H,1,6-7,14-20H2/t24-/m0/s1. The van der Waals surface area contributed by atoms with Gasteiger partial charge >= 0.3 is 0 Å². The minimum atomic E-state index is -0.685. The number of hydrogen-bond donors (Lipinski definition) is 1. The Morgan fingerprint density at radius 1 is 1.12 bits per heavy atom. The van der Waals surface area contributed by atoms with Gasteiger partial charge in [-0.2, -0.15) is 0 Å². The van der Waals surface area contributed by atoms with Gasteiger partial charge in [0.1, 0.15) is 11.5 Å². The van der Waals surface area contributed by atoms with E-state index < -0.39 is 6.10 Å². The Labute approximate surface area is 200 Å². The monoisotopic (exact) mass is 465 g/mol. The van der Waals surface area contributed by atoms with Crippen molar-refractivity contribution in [2.75, 3.05) is 37.7 Å². The highest BCUT2D eigenvalue weighted by molar-refractivity contribution is 5.68. The second-order valence-corrected chi connectivity index (χ2v) is 8.65. The van der Waals surface area contributed by atoms with E-state index >= 15 is 0 Å². The molecule has 6 nitrogen and oxygen atoms in total. The van der Waals surface area contributed by atoms with Gasteiger partial charge in [-0.25, -0.2) is 4.39 Å². The Morgan fingerprint density at radius 2 is 1.85 bits per heavy atom. The number of hydrogen-bond acceptors (Lipinski definition) is 6.